The molecule has 3 heteroatoms. The van der Waals surface area contributed by atoms with Gasteiger partial charge in [0.15, 0.2) is 0 Å². The molecule has 0 aliphatic heterocycles. The van der Waals surface area contributed by atoms with E-state index in [1.165, 1.54) is 32.1 Å². The molecule has 0 radical (unpaired) electrons. The van der Waals surface area contributed by atoms with Crippen molar-refractivity contribution in [3.8, 4) is 0 Å². The van der Waals surface area contributed by atoms with E-state index in [1.54, 1.807) is 0 Å². The molecule has 2 unspecified atom stereocenters. The van der Waals surface area contributed by atoms with Crippen LogP contribution in [0.3, 0.4) is 0 Å². The van der Waals surface area contributed by atoms with Gasteiger partial charge in [-0.2, -0.15) is 0 Å². The van der Waals surface area contributed by atoms with Crippen molar-refractivity contribution in [2.24, 2.45) is 17.6 Å². The van der Waals surface area contributed by atoms with Crippen LogP contribution in [-0.4, -0.2) is 18.1 Å². The number of carbonyl (C=O) groups is 1. The van der Waals surface area contributed by atoms with Gasteiger partial charge in [-0.1, -0.05) is 32.1 Å². The largest absolute Gasteiger partial charge is 0.465 e. The second kappa shape index (κ2) is 4.12. The van der Waals surface area contributed by atoms with Crippen LogP contribution in [0.5, 0.6) is 0 Å². The molecule has 86 valence electrons. The summed E-state index contributed by atoms with van der Waals surface area (Å²) < 4.78 is 5.03. The highest BCUT2D eigenvalue weighted by Crippen LogP contribution is 2.51. The number of ether oxygens (including phenoxy) is 1. The first kappa shape index (κ1) is 10.9. The van der Waals surface area contributed by atoms with Gasteiger partial charge in [-0.3, -0.25) is 4.79 Å². The van der Waals surface area contributed by atoms with Gasteiger partial charge in [0.2, 0.25) is 0 Å². The fraction of sp³-hybridized carbons (Fsp3) is 0.917. The van der Waals surface area contributed by atoms with Crippen LogP contribution < -0.4 is 5.73 Å². The van der Waals surface area contributed by atoms with Crippen LogP contribution in [0.15, 0.2) is 0 Å². The standard InChI is InChI=1S/C12H21NO2/c1-2-15-11(14)12(13)8-10(12)9-6-4-3-5-7-9/h9-10H,2-8,13H2,1H3. The minimum Gasteiger partial charge on any atom is -0.465 e. The lowest BCUT2D eigenvalue weighted by Gasteiger charge is -2.23. The molecule has 0 heterocycles. The van der Waals surface area contributed by atoms with E-state index < -0.39 is 5.54 Å². The Kier molecular flexibility index (Phi) is 3.01. The normalized spacial score (nSPS) is 36.3. The Balaban J connectivity index is 1.89. The highest BCUT2D eigenvalue weighted by molar-refractivity contribution is 5.84. The average Bonchev–Trinajstić information content (AvgIpc) is 2.94. The Hall–Kier alpha value is -0.570. The number of hydrogen-bond acceptors (Lipinski definition) is 3. The minimum absolute atomic E-state index is 0.180. The lowest BCUT2D eigenvalue weighted by Crippen LogP contribution is -2.38. The second-order valence-corrected chi connectivity index (χ2v) is 4.97. The molecule has 0 aromatic heterocycles. The molecular formula is C12H21NO2. The summed E-state index contributed by atoms with van der Waals surface area (Å²) in [4.78, 5) is 11.6. The molecule has 0 aromatic carbocycles. The van der Waals surface area contributed by atoms with E-state index in [0.29, 0.717) is 18.4 Å². The summed E-state index contributed by atoms with van der Waals surface area (Å²) in [5.74, 6) is 0.894. The van der Waals surface area contributed by atoms with Crippen molar-refractivity contribution in [2.75, 3.05) is 6.61 Å². The Labute approximate surface area is 91.4 Å². The summed E-state index contributed by atoms with van der Waals surface area (Å²) in [6, 6.07) is 0. The van der Waals surface area contributed by atoms with Crippen LogP contribution in [-0.2, 0) is 9.53 Å². The predicted molar refractivity (Wildman–Crippen MR) is 58.2 cm³/mol. The second-order valence-electron chi connectivity index (χ2n) is 4.97. The van der Waals surface area contributed by atoms with E-state index in [2.05, 4.69) is 0 Å². The summed E-state index contributed by atoms with van der Waals surface area (Å²) in [5, 5.41) is 0. The predicted octanol–water partition coefficient (Wildman–Crippen LogP) is 1.85. The molecule has 15 heavy (non-hydrogen) atoms. The van der Waals surface area contributed by atoms with Crippen molar-refractivity contribution in [3.63, 3.8) is 0 Å². The molecule has 3 nitrogen and oxygen atoms in total. The van der Waals surface area contributed by atoms with Crippen molar-refractivity contribution in [3.05, 3.63) is 0 Å². The lowest BCUT2D eigenvalue weighted by molar-refractivity contribution is -0.146. The fourth-order valence-electron chi connectivity index (χ4n) is 2.93. The lowest BCUT2D eigenvalue weighted by atomic mass is 9.84. The Morgan fingerprint density at radius 3 is 2.67 bits per heavy atom. The smallest absolute Gasteiger partial charge is 0.326 e. The van der Waals surface area contributed by atoms with E-state index in [4.69, 9.17) is 10.5 Å². The Bertz CT molecular complexity index is 248. The minimum atomic E-state index is -0.627. The van der Waals surface area contributed by atoms with Crippen LogP contribution in [0.4, 0.5) is 0 Å². The highest BCUT2D eigenvalue weighted by atomic mass is 16.5. The molecule has 2 saturated carbocycles. The zero-order valence-corrected chi connectivity index (χ0v) is 9.50. The van der Waals surface area contributed by atoms with Crippen LogP contribution in [0.25, 0.3) is 0 Å². The first-order valence-corrected chi connectivity index (χ1v) is 6.14. The topological polar surface area (TPSA) is 52.3 Å². The molecule has 2 aliphatic carbocycles. The molecule has 2 fully saturated rings. The maximum absolute atomic E-state index is 11.6. The SMILES string of the molecule is CCOC(=O)C1(N)CC1C1CCCCC1. The first-order chi connectivity index (χ1) is 7.18. The number of esters is 1. The van der Waals surface area contributed by atoms with E-state index in [-0.39, 0.29) is 5.97 Å². The maximum Gasteiger partial charge on any atom is 0.326 e. The number of nitrogens with two attached hydrogens (primary N) is 1. The van der Waals surface area contributed by atoms with Crippen LogP contribution in [0, 0.1) is 11.8 Å². The summed E-state index contributed by atoms with van der Waals surface area (Å²) >= 11 is 0. The van der Waals surface area contributed by atoms with Crippen molar-refractivity contribution in [1.82, 2.24) is 0 Å². The molecule has 0 saturated heterocycles. The van der Waals surface area contributed by atoms with Crippen molar-refractivity contribution < 1.29 is 9.53 Å². The molecule has 2 aliphatic rings. The van der Waals surface area contributed by atoms with Gasteiger partial charge in [-0.25, -0.2) is 0 Å². The zero-order chi connectivity index (χ0) is 10.9. The van der Waals surface area contributed by atoms with Gasteiger partial charge in [-0.05, 0) is 25.2 Å². The molecule has 0 aromatic rings. The molecule has 0 bridgehead atoms. The molecule has 2 atom stereocenters. The third-order valence-corrected chi connectivity index (χ3v) is 3.93. The van der Waals surface area contributed by atoms with Crippen LogP contribution in [0.2, 0.25) is 0 Å². The highest BCUT2D eigenvalue weighted by Gasteiger charge is 2.60. The average molecular weight is 211 g/mol. The van der Waals surface area contributed by atoms with Gasteiger partial charge in [0.25, 0.3) is 0 Å². The molecule has 0 spiro atoms. The third-order valence-electron chi connectivity index (χ3n) is 3.93. The summed E-state index contributed by atoms with van der Waals surface area (Å²) in [5.41, 5.74) is 5.45. The van der Waals surface area contributed by atoms with Gasteiger partial charge in [0, 0.05) is 0 Å². The van der Waals surface area contributed by atoms with Crippen molar-refractivity contribution in [2.45, 2.75) is 51.0 Å². The van der Waals surface area contributed by atoms with E-state index in [9.17, 15) is 4.79 Å². The van der Waals surface area contributed by atoms with Gasteiger partial charge >= 0.3 is 5.97 Å². The summed E-state index contributed by atoms with van der Waals surface area (Å²) in [6.45, 7) is 2.27. The molecule has 2 N–H and O–H groups in total. The van der Waals surface area contributed by atoms with E-state index in [1.807, 2.05) is 6.92 Å². The quantitative estimate of drug-likeness (QED) is 0.725. The Morgan fingerprint density at radius 1 is 1.40 bits per heavy atom. The number of carbonyl (C=O) groups excluding carboxylic acids is 1. The fourth-order valence-corrected chi connectivity index (χ4v) is 2.93. The molecular weight excluding hydrogens is 190 g/mol. The van der Waals surface area contributed by atoms with E-state index in [0.717, 1.165) is 6.42 Å². The first-order valence-electron chi connectivity index (χ1n) is 6.14. The summed E-state index contributed by atoms with van der Waals surface area (Å²) in [7, 11) is 0. The third kappa shape index (κ3) is 2.03. The summed E-state index contributed by atoms with van der Waals surface area (Å²) in [6.07, 6.45) is 7.31. The van der Waals surface area contributed by atoms with Crippen LogP contribution in [0.1, 0.15) is 45.4 Å². The monoisotopic (exact) mass is 211 g/mol. The van der Waals surface area contributed by atoms with Crippen molar-refractivity contribution >= 4 is 5.97 Å². The number of rotatable bonds is 3. The van der Waals surface area contributed by atoms with E-state index >= 15 is 0 Å². The molecule has 2 rings (SSSR count). The zero-order valence-electron chi connectivity index (χ0n) is 9.50. The van der Waals surface area contributed by atoms with Gasteiger partial charge < -0.3 is 10.5 Å². The van der Waals surface area contributed by atoms with Crippen molar-refractivity contribution in [1.29, 1.82) is 0 Å². The molecule has 0 amide bonds. The van der Waals surface area contributed by atoms with Gasteiger partial charge in [-0.15, -0.1) is 0 Å². The maximum atomic E-state index is 11.6. The van der Waals surface area contributed by atoms with Gasteiger partial charge in [0.05, 0.1) is 6.61 Å². The Morgan fingerprint density at radius 2 is 2.07 bits per heavy atom. The van der Waals surface area contributed by atoms with Crippen LogP contribution >= 0.6 is 0 Å². The van der Waals surface area contributed by atoms with Gasteiger partial charge in [0.1, 0.15) is 5.54 Å². The number of hydrogen-bond donors (Lipinski definition) is 1.